The number of hydrogen-bond donors (Lipinski definition) is 2. The summed E-state index contributed by atoms with van der Waals surface area (Å²) < 4.78 is 5.52. The lowest BCUT2D eigenvalue weighted by Crippen LogP contribution is -2.04. The average molecular weight is 219 g/mol. The Morgan fingerprint density at radius 3 is 2.94 bits per heavy atom. The Hall–Kier alpha value is -1.81. The fourth-order valence-corrected chi connectivity index (χ4v) is 1.53. The second-order valence-corrected chi connectivity index (χ2v) is 3.47. The van der Waals surface area contributed by atoms with Crippen molar-refractivity contribution >= 4 is 10.9 Å². The van der Waals surface area contributed by atoms with Crippen molar-refractivity contribution in [2.45, 2.75) is 6.42 Å². The zero-order chi connectivity index (χ0) is 11.4. The van der Waals surface area contributed by atoms with E-state index in [9.17, 15) is 4.79 Å². The van der Waals surface area contributed by atoms with Crippen LogP contribution in [0.15, 0.2) is 35.1 Å². The van der Waals surface area contributed by atoms with Crippen LogP contribution in [0.4, 0.5) is 0 Å². The normalized spacial score (nSPS) is 10.6. The number of benzene rings is 1. The van der Waals surface area contributed by atoms with E-state index in [2.05, 4.69) is 4.98 Å². The molecule has 0 amide bonds. The van der Waals surface area contributed by atoms with Crippen LogP contribution in [-0.2, 0) is 0 Å². The number of pyridine rings is 1. The minimum atomic E-state index is -0.125. The molecule has 0 aliphatic rings. The van der Waals surface area contributed by atoms with E-state index in [4.69, 9.17) is 9.84 Å². The number of H-pyrrole nitrogens is 1. The minimum Gasteiger partial charge on any atom is -0.493 e. The van der Waals surface area contributed by atoms with Gasteiger partial charge in [-0.25, -0.2) is 0 Å². The summed E-state index contributed by atoms with van der Waals surface area (Å²) in [5, 5.41) is 9.54. The summed E-state index contributed by atoms with van der Waals surface area (Å²) in [6.07, 6.45) is 0.597. The molecule has 1 heterocycles. The van der Waals surface area contributed by atoms with Gasteiger partial charge in [-0.1, -0.05) is 6.07 Å². The Bertz CT molecular complexity index is 533. The number of aliphatic hydroxyl groups is 1. The van der Waals surface area contributed by atoms with Gasteiger partial charge in [0, 0.05) is 24.5 Å². The number of fused-ring (bicyclic) bond motifs is 1. The van der Waals surface area contributed by atoms with Crippen LogP contribution in [0.25, 0.3) is 10.9 Å². The van der Waals surface area contributed by atoms with Gasteiger partial charge >= 0.3 is 0 Å². The van der Waals surface area contributed by atoms with Crippen LogP contribution >= 0.6 is 0 Å². The second kappa shape index (κ2) is 4.81. The van der Waals surface area contributed by atoms with Crippen LogP contribution in [0.2, 0.25) is 0 Å². The number of hydrogen-bond acceptors (Lipinski definition) is 3. The average Bonchev–Trinajstić information content (AvgIpc) is 2.29. The van der Waals surface area contributed by atoms with Gasteiger partial charge < -0.3 is 14.8 Å². The summed E-state index contributed by atoms with van der Waals surface area (Å²) in [6.45, 7) is 0.580. The molecule has 2 rings (SSSR count). The van der Waals surface area contributed by atoms with E-state index < -0.39 is 0 Å². The molecule has 0 aliphatic carbocycles. The highest BCUT2D eigenvalue weighted by molar-refractivity contribution is 5.84. The number of aromatic nitrogens is 1. The summed E-state index contributed by atoms with van der Waals surface area (Å²) in [7, 11) is 0. The lowest BCUT2D eigenvalue weighted by molar-refractivity contribution is 0.235. The zero-order valence-corrected chi connectivity index (χ0v) is 8.77. The van der Waals surface area contributed by atoms with Crippen molar-refractivity contribution in [1.82, 2.24) is 4.98 Å². The number of nitrogens with one attached hydrogen (secondary N) is 1. The van der Waals surface area contributed by atoms with Crippen LogP contribution < -0.4 is 10.3 Å². The van der Waals surface area contributed by atoms with Crippen molar-refractivity contribution in [2.75, 3.05) is 13.2 Å². The molecule has 0 aliphatic heterocycles. The molecule has 0 unspecified atom stereocenters. The Morgan fingerprint density at radius 1 is 1.25 bits per heavy atom. The second-order valence-electron chi connectivity index (χ2n) is 3.47. The smallest absolute Gasteiger partial charge is 0.248 e. The van der Waals surface area contributed by atoms with Gasteiger partial charge in [-0.05, 0) is 18.2 Å². The molecule has 2 aromatic rings. The minimum absolute atomic E-state index is 0.113. The number of aromatic amines is 1. The van der Waals surface area contributed by atoms with Gasteiger partial charge in [0.15, 0.2) is 0 Å². The van der Waals surface area contributed by atoms with Gasteiger partial charge in [0.05, 0.1) is 12.1 Å². The maximum atomic E-state index is 11.1. The number of ether oxygens (including phenoxy) is 1. The van der Waals surface area contributed by atoms with Gasteiger partial charge in [0.2, 0.25) is 5.56 Å². The Kier molecular flexibility index (Phi) is 3.22. The van der Waals surface area contributed by atoms with Crippen LogP contribution in [0.3, 0.4) is 0 Å². The van der Waals surface area contributed by atoms with Crippen LogP contribution in [0.5, 0.6) is 5.75 Å². The lowest BCUT2D eigenvalue weighted by atomic mass is 10.2. The third kappa shape index (κ3) is 2.23. The van der Waals surface area contributed by atoms with Crippen molar-refractivity contribution in [1.29, 1.82) is 0 Å². The third-order valence-corrected chi connectivity index (χ3v) is 2.29. The van der Waals surface area contributed by atoms with Gasteiger partial charge in [-0.15, -0.1) is 0 Å². The summed E-state index contributed by atoms with van der Waals surface area (Å²) in [5.74, 6) is 0.724. The standard InChI is InChI=1S/C12H13NO3/c14-7-2-8-16-11-4-1-3-10-9(11)5-6-12(15)13-10/h1,3-6,14H,2,7-8H2,(H,13,15). The Balaban J connectivity index is 2.34. The predicted octanol–water partition coefficient (Wildman–Crippen LogP) is 1.29. The van der Waals surface area contributed by atoms with Gasteiger partial charge in [-0.3, -0.25) is 4.79 Å². The zero-order valence-electron chi connectivity index (χ0n) is 8.77. The summed E-state index contributed by atoms with van der Waals surface area (Å²) in [6, 6.07) is 8.71. The topological polar surface area (TPSA) is 62.3 Å². The van der Waals surface area contributed by atoms with Crippen LogP contribution in [0, 0.1) is 0 Å². The van der Waals surface area contributed by atoms with Crippen molar-refractivity contribution in [2.24, 2.45) is 0 Å². The number of aliphatic hydroxyl groups excluding tert-OH is 1. The molecule has 4 nitrogen and oxygen atoms in total. The molecule has 16 heavy (non-hydrogen) atoms. The van der Waals surface area contributed by atoms with Crippen molar-refractivity contribution in [3.8, 4) is 5.75 Å². The molecule has 0 saturated heterocycles. The van der Waals surface area contributed by atoms with E-state index in [1.807, 2.05) is 18.2 Å². The Morgan fingerprint density at radius 2 is 2.12 bits per heavy atom. The molecule has 2 N–H and O–H groups in total. The van der Waals surface area contributed by atoms with Gasteiger partial charge in [0.25, 0.3) is 0 Å². The van der Waals surface area contributed by atoms with E-state index >= 15 is 0 Å². The molecule has 0 atom stereocenters. The monoisotopic (exact) mass is 219 g/mol. The fourth-order valence-electron chi connectivity index (χ4n) is 1.53. The summed E-state index contributed by atoms with van der Waals surface area (Å²) in [4.78, 5) is 13.9. The van der Waals surface area contributed by atoms with E-state index in [-0.39, 0.29) is 12.2 Å². The first-order valence-corrected chi connectivity index (χ1v) is 5.17. The fraction of sp³-hybridized carbons (Fsp3) is 0.250. The highest BCUT2D eigenvalue weighted by atomic mass is 16.5. The molecule has 0 saturated carbocycles. The quantitative estimate of drug-likeness (QED) is 0.762. The molecular formula is C12H13NO3. The first kappa shape index (κ1) is 10.7. The van der Waals surface area contributed by atoms with E-state index in [0.29, 0.717) is 13.0 Å². The SMILES string of the molecule is O=c1ccc2c(OCCCO)cccc2[nH]1. The third-order valence-electron chi connectivity index (χ3n) is 2.29. The van der Waals surface area contributed by atoms with E-state index in [1.165, 1.54) is 6.07 Å². The number of rotatable bonds is 4. The van der Waals surface area contributed by atoms with E-state index in [0.717, 1.165) is 16.7 Å². The summed E-state index contributed by atoms with van der Waals surface area (Å²) in [5.41, 5.74) is 0.633. The van der Waals surface area contributed by atoms with Crippen LogP contribution in [-0.4, -0.2) is 23.3 Å². The molecule has 4 heteroatoms. The van der Waals surface area contributed by atoms with E-state index in [1.54, 1.807) is 6.07 Å². The maximum absolute atomic E-state index is 11.1. The molecule has 0 spiro atoms. The first-order valence-electron chi connectivity index (χ1n) is 5.17. The highest BCUT2D eigenvalue weighted by Crippen LogP contribution is 2.22. The van der Waals surface area contributed by atoms with Crippen molar-refractivity contribution in [3.63, 3.8) is 0 Å². The molecule has 0 fully saturated rings. The molecule has 0 radical (unpaired) electrons. The largest absolute Gasteiger partial charge is 0.493 e. The van der Waals surface area contributed by atoms with Crippen LogP contribution in [0.1, 0.15) is 6.42 Å². The molecule has 1 aromatic heterocycles. The van der Waals surface area contributed by atoms with Gasteiger partial charge in [0.1, 0.15) is 5.75 Å². The van der Waals surface area contributed by atoms with Gasteiger partial charge in [-0.2, -0.15) is 0 Å². The molecule has 0 bridgehead atoms. The maximum Gasteiger partial charge on any atom is 0.248 e. The molecular weight excluding hydrogens is 206 g/mol. The Labute approximate surface area is 92.5 Å². The first-order chi connectivity index (χ1) is 7.81. The molecule has 84 valence electrons. The van der Waals surface area contributed by atoms with Crippen molar-refractivity contribution < 1.29 is 9.84 Å². The molecule has 1 aromatic carbocycles. The highest BCUT2D eigenvalue weighted by Gasteiger charge is 2.01. The lowest BCUT2D eigenvalue weighted by Gasteiger charge is -2.07. The predicted molar refractivity (Wildman–Crippen MR) is 61.8 cm³/mol. The summed E-state index contributed by atoms with van der Waals surface area (Å²) >= 11 is 0. The van der Waals surface area contributed by atoms with Crippen molar-refractivity contribution in [3.05, 3.63) is 40.7 Å².